The van der Waals surface area contributed by atoms with Crippen LogP contribution in [0.1, 0.15) is 43.6 Å². The van der Waals surface area contributed by atoms with E-state index in [1.54, 1.807) is 6.20 Å². The summed E-state index contributed by atoms with van der Waals surface area (Å²) in [5, 5.41) is 8.03. The van der Waals surface area contributed by atoms with Gasteiger partial charge in [0.2, 0.25) is 0 Å². The molecule has 0 radical (unpaired) electrons. The predicted molar refractivity (Wildman–Crippen MR) is 110 cm³/mol. The molecule has 1 N–H and O–H groups in total. The quantitative estimate of drug-likeness (QED) is 0.622. The number of nitrogens with zero attached hydrogens (tertiary/aromatic N) is 3. The second-order valence-electron chi connectivity index (χ2n) is 7.49. The molecule has 1 saturated carbocycles. The Balaban J connectivity index is 1.55. The molecule has 3 aromatic rings. The third kappa shape index (κ3) is 3.25. The lowest BCUT2D eigenvalue weighted by atomic mass is 9.78. The van der Waals surface area contributed by atoms with Gasteiger partial charge in [-0.1, -0.05) is 30.7 Å². The first-order valence-electron chi connectivity index (χ1n) is 9.78. The van der Waals surface area contributed by atoms with Gasteiger partial charge in [-0.2, -0.15) is 9.61 Å². The standard InChI is InChI=1S/C21H23BrN4O/c22-18-13-24-26-20(23-12-15-7-4-10-27-15)11-19(25-21(18)26)17-9-2-1-8-16(17)14-5-3-6-14/h1-2,8-9,11,13-15,23H,3-7,10,12H2. The van der Waals surface area contributed by atoms with Gasteiger partial charge in [0.1, 0.15) is 5.82 Å². The molecule has 2 aromatic heterocycles. The smallest absolute Gasteiger partial charge is 0.172 e. The highest BCUT2D eigenvalue weighted by Crippen LogP contribution is 2.41. The summed E-state index contributed by atoms with van der Waals surface area (Å²) in [6, 6.07) is 10.8. The van der Waals surface area contributed by atoms with Gasteiger partial charge in [0.25, 0.3) is 0 Å². The average Bonchev–Trinajstić information content (AvgIpc) is 3.29. The number of nitrogens with one attached hydrogen (secondary N) is 1. The summed E-state index contributed by atoms with van der Waals surface area (Å²) in [5.41, 5.74) is 4.49. The van der Waals surface area contributed by atoms with E-state index in [0.29, 0.717) is 5.92 Å². The molecule has 0 amide bonds. The lowest BCUT2D eigenvalue weighted by molar-refractivity contribution is 0.120. The molecule has 2 fully saturated rings. The Labute approximate surface area is 167 Å². The molecule has 3 heterocycles. The van der Waals surface area contributed by atoms with E-state index >= 15 is 0 Å². The van der Waals surface area contributed by atoms with Crippen molar-refractivity contribution in [3.05, 3.63) is 46.6 Å². The summed E-state index contributed by atoms with van der Waals surface area (Å²) < 4.78 is 8.54. The van der Waals surface area contributed by atoms with Crippen molar-refractivity contribution in [2.24, 2.45) is 0 Å². The molecular weight excluding hydrogens is 404 g/mol. The Kier molecular flexibility index (Phi) is 4.61. The van der Waals surface area contributed by atoms with Crippen LogP contribution in [0.5, 0.6) is 0 Å². The fourth-order valence-corrected chi connectivity index (χ4v) is 4.38. The largest absolute Gasteiger partial charge is 0.376 e. The van der Waals surface area contributed by atoms with E-state index < -0.39 is 0 Å². The maximum Gasteiger partial charge on any atom is 0.172 e. The second-order valence-corrected chi connectivity index (χ2v) is 8.34. The zero-order valence-electron chi connectivity index (χ0n) is 15.2. The van der Waals surface area contributed by atoms with Crippen molar-refractivity contribution in [2.75, 3.05) is 18.5 Å². The number of hydrogen-bond acceptors (Lipinski definition) is 4. The van der Waals surface area contributed by atoms with Gasteiger partial charge in [-0.05, 0) is 53.1 Å². The van der Waals surface area contributed by atoms with Crippen molar-refractivity contribution < 1.29 is 4.74 Å². The molecule has 140 valence electrons. The van der Waals surface area contributed by atoms with E-state index in [0.717, 1.165) is 47.6 Å². The van der Waals surface area contributed by atoms with Crippen LogP contribution in [-0.4, -0.2) is 33.9 Å². The highest BCUT2D eigenvalue weighted by atomic mass is 79.9. The molecule has 1 aliphatic heterocycles. The molecule has 5 nitrogen and oxygen atoms in total. The van der Waals surface area contributed by atoms with E-state index in [4.69, 9.17) is 9.72 Å². The van der Waals surface area contributed by atoms with Crippen LogP contribution >= 0.6 is 15.9 Å². The second kappa shape index (κ2) is 7.24. The van der Waals surface area contributed by atoms with E-state index in [1.807, 2.05) is 4.52 Å². The first kappa shape index (κ1) is 17.2. The van der Waals surface area contributed by atoms with Crippen LogP contribution in [0, 0.1) is 0 Å². The van der Waals surface area contributed by atoms with Gasteiger partial charge in [-0.25, -0.2) is 4.98 Å². The monoisotopic (exact) mass is 426 g/mol. The predicted octanol–water partition coefficient (Wildman–Crippen LogP) is 5.02. The van der Waals surface area contributed by atoms with E-state index in [-0.39, 0.29) is 6.10 Å². The Morgan fingerprint density at radius 3 is 2.85 bits per heavy atom. The number of hydrogen-bond donors (Lipinski definition) is 1. The Hall–Kier alpha value is -1.92. The number of rotatable bonds is 5. The highest BCUT2D eigenvalue weighted by Gasteiger charge is 2.24. The van der Waals surface area contributed by atoms with Gasteiger partial charge in [-0.15, -0.1) is 0 Å². The summed E-state index contributed by atoms with van der Waals surface area (Å²) in [4.78, 5) is 4.93. The summed E-state index contributed by atoms with van der Waals surface area (Å²) in [7, 11) is 0. The lowest BCUT2D eigenvalue weighted by Crippen LogP contribution is -2.20. The number of ether oxygens (including phenoxy) is 1. The lowest BCUT2D eigenvalue weighted by Gasteiger charge is -2.28. The summed E-state index contributed by atoms with van der Waals surface area (Å²) in [6.45, 7) is 1.66. The molecule has 1 aliphatic carbocycles. The fourth-order valence-electron chi connectivity index (χ4n) is 4.03. The molecule has 1 aromatic carbocycles. The van der Waals surface area contributed by atoms with Crippen LogP contribution in [0.2, 0.25) is 0 Å². The average molecular weight is 427 g/mol. The van der Waals surface area contributed by atoms with E-state index in [1.165, 1.54) is 30.4 Å². The summed E-state index contributed by atoms with van der Waals surface area (Å²) in [5.74, 6) is 1.62. The number of halogens is 1. The molecule has 0 bridgehead atoms. The third-order valence-electron chi connectivity index (χ3n) is 5.75. The molecule has 6 heteroatoms. The van der Waals surface area contributed by atoms with Crippen LogP contribution < -0.4 is 5.32 Å². The minimum Gasteiger partial charge on any atom is -0.376 e. The first-order valence-corrected chi connectivity index (χ1v) is 10.6. The van der Waals surface area contributed by atoms with Crippen molar-refractivity contribution in [1.29, 1.82) is 0 Å². The Bertz CT molecular complexity index is 960. The third-order valence-corrected chi connectivity index (χ3v) is 6.30. The molecule has 5 rings (SSSR count). The van der Waals surface area contributed by atoms with Crippen molar-refractivity contribution in [3.8, 4) is 11.3 Å². The zero-order chi connectivity index (χ0) is 18.2. The molecule has 1 saturated heterocycles. The Morgan fingerprint density at radius 1 is 1.19 bits per heavy atom. The van der Waals surface area contributed by atoms with E-state index in [9.17, 15) is 0 Å². The molecule has 27 heavy (non-hydrogen) atoms. The van der Waals surface area contributed by atoms with Gasteiger partial charge in [0.05, 0.1) is 22.5 Å². The van der Waals surface area contributed by atoms with Gasteiger partial charge in [0.15, 0.2) is 5.65 Å². The van der Waals surface area contributed by atoms with Gasteiger partial charge >= 0.3 is 0 Å². The van der Waals surface area contributed by atoms with Crippen LogP contribution in [0.4, 0.5) is 5.82 Å². The van der Waals surface area contributed by atoms with Crippen LogP contribution in [0.15, 0.2) is 41.0 Å². The topological polar surface area (TPSA) is 51.5 Å². The fraction of sp³-hybridized carbons (Fsp3) is 0.429. The number of fused-ring (bicyclic) bond motifs is 1. The van der Waals surface area contributed by atoms with Gasteiger partial charge in [-0.3, -0.25) is 0 Å². The maximum absolute atomic E-state index is 5.76. The maximum atomic E-state index is 5.76. The SMILES string of the molecule is Brc1cnn2c(NCC3CCCO3)cc(-c3ccccc3C3CCC3)nc12. The van der Waals surface area contributed by atoms with Gasteiger partial charge < -0.3 is 10.1 Å². The van der Waals surface area contributed by atoms with E-state index in [2.05, 4.69) is 56.7 Å². The normalized spacial score (nSPS) is 20.1. The minimum absolute atomic E-state index is 0.276. The molecule has 2 aliphatic rings. The van der Waals surface area contributed by atoms with Crippen molar-refractivity contribution in [3.63, 3.8) is 0 Å². The van der Waals surface area contributed by atoms with Gasteiger partial charge in [0, 0.05) is 24.8 Å². The van der Waals surface area contributed by atoms with Crippen molar-refractivity contribution in [2.45, 2.75) is 44.1 Å². The first-order chi connectivity index (χ1) is 13.3. The molecule has 1 unspecified atom stereocenters. The van der Waals surface area contributed by atoms with Crippen molar-refractivity contribution in [1.82, 2.24) is 14.6 Å². The molecule has 0 spiro atoms. The number of aromatic nitrogens is 3. The number of benzene rings is 1. The molecular formula is C21H23BrN4O. The van der Waals surface area contributed by atoms with Crippen LogP contribution in [0.25, 0.3) is 16.9 Å². The van der Waals surface area contributed by atoms with Crippen LogP contribution in [-0.2, 0) is 4.74 Å². The highest BCUT2D eigenvalue weighted by molar-refractivity contribution is 9.10. The Morgan fingerprint density at radius 2 is 2.07 bits per heavy atom. The summed E-state index contributed by atoms with van der Waals surface area (Å²) >= 11 is 3.60. The molecule has 1 atom stereocenters. The number of anilines is 1. The van der Waals surface area contributed by atoms with Crippen LogP contribution in [0.3, 0.4) is 0 Å². The zero-order valence-corrected chi connectivity index (χ0v) is 16.8. The minimum atomic E-state index is 0.276. The summed E-state index contributed by atoms with van der Waals surface area (Å²) in [6.07, 6.45) is 8.22. The van der Waals surface area contributed by atoms with Crippen molar-refractivity contribution >= 4 is 27.4 Å².